The van der Waals surface area contributed by atoms with Gasteiger partial charge in [-0.05, 0) is 0 Å². The second-order valence-electron chi connectivity index (χ2n) is 9.71. The standard InChI is InChI=1S/C20H24N10O12P2/c21-15-11-16(24-4-23-15)29(5-25-11)10-1-7(31)8(40-10)3-39-44(36,37)42-14-13(32)9(2-38-43(34)35)41-19(14)30-6-26-12-17(30)27-20(22)28-18(12)33/h4-10,13-14,19,31-32H,1-3H2,(H6-,21,22,23,24,27,28,33,34,35,36,37)/p+1/t7?,8-,9-,10-,13?,14?,19-/m1/s1. The Hall–Kier alpha value is -3.53. The predicted molar refractivity (Wildman–Crippen MR) is 143 cm³/mol. The van der Waals surface area contributed by atoms with Gasteiger partial charge in [-0.25, -0.2) is 24.5 Å². The number of aromatic nitrogens is 8. The van der Waals surface area contributed by atoms with Crippen molar-refractivity contribution in [2.75, 3.05) is 24.7 Å². The molecule has 2 aliphatic heterocycles. The Morgan fingerprint density at radius 3 is 2.59 bits per heavy atom. The minimum atomic E-state index is -5.05. The van der Waals surface area contributed by atoms with Crippen LogP contribution in [0, 0.1) is 0 Å². The Labute approximate surface area is 245 Å². The Balaban J connectivity index is 1.18. The van der Waals surface area contributed by atoms with Gasteiger partial charge in [0.1, 0.15) is 49.1 Å². The Kier molecular flexibility index (Phi) is 8.15. The number of hydrogen-bond donors (Lipinski definition) is 7. The summed E-state index contributed by atoms with van der Waals surface area (Å²) in [6.07, 6.45) is -5.46. The van der Waals surface area contributed by atoms with Gasteiger partial charge in [-0.15, -0.1) is 9.42 Å². The van der Waals surface area contributed by atoms with Gasteiger partial charge in [0, 0.05) is 11.0 Å². The molecule has 0 bridgehead atoms. The molecule has 0 radical (unpaired) electrons. The molecule has 2 fully saturated rings. The lowest BCUT2D eigenvalue weighted by atomic mass is 10.1. The maximum Gasteiger partial charge on any atom is 0.694 e. The third kappa shape index (κ3) is 5.80. The number of H-pyrrole nitrogens is 1. The SMILES string of the molecule is Nc1nc2c(ncn2[C@@H]2O[C@H](CO[P+](=O)O)C(O)C2OP(=O)(O)OC[C@H]2O[C@@H](n3cnc4c(N)ncnc43)CC2O)c(=O)[nH]1. The Morgan fingerprint density at radius 1 is 1.07 bits per heavy atom. The molecule has 0 aliphatic carbocycles. The second-order valence-corrected chi connectivity index (χ2v) is 11.9. The second kappa shape index (κ2) is 11.8. The highest BCUT2D eigenvalue weighted by Crippen LogP contribution is 2.50. The van der Waals surface area contributed by atoms with Crippen molar-refractivity contribution >= 4 is 50.2 Å². The van der Waals surface area contributed by atoms with Gasteiger partial charge in [0.2, 0.25) is 5.95 Å². The predicted octanol–water partition coefficient (Wildman–Crippen LogP) is -1.80. The van der Waals surface area contributed by atoms with Gasteiger partial charge in [-0.2, -0.15) is 4.98 Å². The third-order valence-electron chi connectivity index (χ3n) is 6.95. The molecule has 236 valence electrons. The number of hydrogen-bond acceptors (Lipinski definition) is 17. The highest BCUT2D eigenvalue weighted by Gasteiger charge is 2.51. The van der Waals surface area contributed by atoms with Crippen LogP contribution in [0.25, 0.3) is 22.3 Å². The summed E-state index contributed by atoms with van der Waals surface area (Å²) in [7, 11) is -8.13. The van der Waals surface area contributed by atoms with Crippen molar-refractivity contribution < 1.29 is 52.2 Å². The fourth-order valence-electron chi connectivity index (χ4n) is 4.93. The summed E-state index contributed by atoms with van der Waals surface area (Å²) in [5.41, 5.74) is 11.2. The maximum atomic E-state index is 13.1. The minimum absolute atomic E-state index is 0.0506. The number of phosphoric acid groups is 1. The van der Waals surface area contributed by atoms with Crippen LogP contribution < -0.4 is 17.0 Å². The highest BCUT2D eigenvalue weighted by atomic mass is 31.2. The van der Waals surface area contributed by atoms with Crippen LogP contribution >= 0.6 is 16.1 Å². The van der Waals surface area contributed by atoms with E-state index in [-0.39, 0.29) is 29.4 Å². The molecule has 6 heterocycles. The maximum absolute atomic E-state index is 13.1. The zero-order valence-corrected chi connectivity index (χ0v) is 23.9. The zero-order chi connectivity index (χ0) is 31.3. The molecule has 2 saturated heterocycles. The molecule has 22 nitrogen and oxygen atoms in total. The number of nitrogens with two attached hydrogens (primary N) is 2. The first-order chi connectivity index (χ1) is 20.9. The minimum Gasteiger partial charge on any atom is -0.390 e. The van der Waals surface area contributed by atoms with Crippen LogP contribution in [0.1, 0.15) is 18.9 Å². The fraction of sp³-hybridized carbons (Fsp3) is 0.500. The van der Waals surface area contributed by atoms with Gasteiger partial charge < -0.3 is 36.0 Å². The first kappa shape index (κ1) is 30.5. The van der Waals surface area contributed by atoms with Crippen molar-refractivity contribution in [3.8, 4) is 0 Å². The van der Waals surface area contributed by atoms with E-state index in [9.17, 15) is 29.0 Å². The topological polar surface area (TPSA) is 320 Å². The number of anilines is 2. The number of phosphoric ester groups is 1. The molecule has 44 heavy (non-hydrogen) atoms. The van der Waals surface area contributed by atoms with Crippen LogP contribution in [0.4, 0.5) is 11.8 Å². The first-order valence-corrected chi connectivity index (χ1v) is 15.3. The average molecular weight is 659 g/mol. The first-order valence-electron chi connectivity index (χ1n) is 12.7. The van der Waals surface area contributed by atoms with Crippen molar-refractivity contribution in [1.29, 1.82) is 0 Å². The van der Waals surface area contributed by atoms with E-state index in [0.29, 0.717) is 11.2 Å². The lowest BCUT2D eigenvalue weighted by Crippen LogP contribution is -2.35. The monoisotopic (exact) mass is 659 g/mol. The van der Waals surface area contributed by atoms with E-state index >= 15 is 0 Å². The molecule has 0 spiro atoms. The number of ether oxygens (including phenoxy) is 2. The van der Waals surface area contributed by atoms with E-state index in [1.807, 2.05) is 0 Å². The quantitative estimate of drug-likeness (QED) is 0.0923. The number of nitrogens with one attached hydrogen (secondary N) is 1. The van der Waals surface area contributed by atoms with Crippen LogP contribution in [0.2, 0.25) is 0 Å². The smallest absolute Gasteiger partial charge is 0.390 e. The van der Waals surface area contributed by atoms with E-state index < -0.39 is 77.8 Å². The third-order valence-corrected chi connectivity index (χ3v) is 8.30. The van der Waals surface area contributed by atoms with Gasteiger partial charge in [-0.1, -0.05) is 0 Å². The van der Waals surface area contributed by atoms with E-state index in [2.05, 4.69) is 34.4 Å². The van der Waals surface area contributed by atoms with Crippen molar-refractivity contribution in [3.63, 3.8) is 0 Å². The van der Waals surface area contributed by atoms with Gasteiger partial charge in [-0.3, -0.25) is 28.0 Å². The number of aliphatic hydroxyl groups excluding tert-OH is 2. The van der Waals surface area contributed by atoms with Gasteiger partial charge >= 0.3 is 16.1 Å². The van der Waals surface area contributed by atoms with E-state index in [0.717, 1.165) is 10.9 Å². The van der Waals surface area contributed by atoms with Crippen LogP contribution in [-0.2, 0) is 32.2 Å². The Bertz CT molecular complexity index is 1820. The molecular formula is C20H25N10O12P2+. The summed E-state index contributed by atoms with van der Waals surface area (Å²) in [5.74, 6) is -0.128. The lowest BCUT2D eigenvalue weighted by molar-refractivity contribution is -0.0582. The number of fused-ring (bicyclic) bond motifs is 2. The number of rotatable bonds is 10. The van der Waals surface area contributed by atoms with Gasteiger partial charge in [0.05, 0.1) is 25.4 Å². The molecule has 0 saturated carbocycles. The summed E-state index contributed by atoms with van der Waals surface area (Å²) in [4.78, 5) is 54.3. The molecule has 4 aromatic heterocycles. The van der Waals surface area contributed by atoms with Crippen molar-refractivity contribution in [2.24, 2.45) is 0 Å². The van der Waals surface area contributed by atoms with Crippen LogP contribution in [0.15, 0.2) is 23.8 Å². The summed E-state index contributed by atoms with van der Waals surface area (Å²) in [6.45, 7) is -1.24. The molecule has 9 atom stereocenters. The molecule has 0 amide bonds. The zero-order valence-electron chi connectivity index (χ0n) is 22.1. The molecule has 4 aromatic rings. The van der Waals surface area contributed by atoms with Crippen molar-refractivity contribution in [1.82, 2.24) is 39.0 Å². The molecule has 6 rings (SSSR count). The van der Waals surface area contributed by atoms with E-state index in [4.69, 9.17) is 34.9 Å². The summed E-state index contributed by atoms with van der Waals surface area (Å²) >= 11 is 0. The number of nitrogens with zero attached hydrogens (tertiary/aromatic N) is 7. The van der Waals surface area contributed by atoms with E-state index in [1.54, 1.807) is 0 Å². The molecule has 9 N–H and O–H groups in total. The summed E-state index contributed by atoms with van der Waals surface area (Å²) in [6, 6.07) is 0. The summed E-state index contributed by atoms with van der Waals surface area (Å²) in [5, 5.41) is 21.5. The van der Waals surface area contributed by atoms with Crippen LogP contribution in [0.3, 0.4) is 0 Å². The fourth-order valence-corrected chi connectivity index (χ4v) is 6.14. The molecule has 0 aromatic carbocycles. The molecule has 24 heteroatoms. The number of nitrogen functional groups attached to an aromatic ring is 2. The summed E-state index contributed by atoms with van der Waals surface area (Å²) < 4.78 is 53.4. The van der Waals surface area contributed by atoms with E-state index in [1.165, 1.54) is 17.2 Å². The Morgan fingerprint density at radius 2 is 1.82 bits per heavy atom. The van der Waals surface area contributed by atoms with Crippen LogP contribution in [0.5, 0.6) is 0 Å². The van der Waals surface area contributed by atoms with Crippen molar-refractivity contribution in [3.05, 3.63) is 29.3 Å². The number of aromatic amines is 1. The largest absolute Gasteiger partial charge is 0.694 e. The van der Waals surface area contributed by atoms with Gasteiger partial charge in [0.15, 0.2) is 28.9 Å². The van der Waals surface area contributed by atoms with Crippen LogP contribution in [-0.4, -0.2) is 103 Å². The van der Waals surface area contributed by atoms with Gasteiger partial charge in [0.25, 0.3) is 5.56 Å². The highest BCUT2D eigenvalue weighted by molar-refractivity contribution is 7.47. The molecule has 5 unspecified atom stereocenters. The number of aliphatic hydroxyl groups is 2. The normalized spacial score (nSPS) is 29.0. The molecular weight excluding hydrogens is 634 g/mol. The van der Waals surface area contributed by atoms with Crippen molar-refractivity contribution in [2.45, 2.75) is 49.4 Å². The average Bonchev–Trinajstić information content (AvgIpc) is 3.72. The lowest BCUT2D eigenvalue weighted by Gasteiger charge is -2.25. The number of imidazole rings is 2. The molecule has 2 aliphatic rings.